The Morgan fingerprint density at radius 3 is 2.61 bits per heavy atom. The fourth-order valence-corrected chi connectivity index (χ4v) is 4.24. The van der Waals surface area contributed by atoms with Gasteiger partial charge in [0, 0.05) is 28.8 Å². The molecule has 2 aromatic carbocycles. The van der Waals surface area contributed by atoms with Crippen molar-refractivity contribution in [1.29, 1.82) is 5.26 Å². The summed E-state index contributed by atoms with van der Waals surface area (Å²) in [5.41, 5.74) is 6.50. The van der Waals surface area contributed by atoms with Crippen molar-refractivity contribution in [3.05, 3.63) is 93.3 Å². The molecule has 0 atom stereocenters. The highest BCUT2D eigenvalue weighted by Crippen LogP contribution is 2.30. The van der Waals surface area contributed by atoms with Crippen LogP contribution in [0.4, 0.5) is 0 Å². The lowest BCUT2D eigenvalue weighted by Crippen LogP contribution is -2.03. The summed E-state index contributed by atoms with van der Waals surface area (Å²) in [5, 5.41) is 10.0. The largest absolute Gasteiger partial charge is 0.327 e. The minimum atomic E-state index is 0.680. The Morgan fingerprint density at radius 2 is 1.86 bits per heavy atom. The second-order valence-electron chi connectivity index (χ2n) is 6.83. The number of aromatic nitrogens is 3. The highest BCUT2D eigenvalue weighted by atomic mass is 32.1. The number of hydrogen-bond acceptors (Lipinski definition) is 4. The second kappa shape index (κ2) is 7.79. The van der Waals surface area contributed by atoms with Gasteiger partial charge in [-0.3, -0.25) is 0 Å². The highest BCUT2D eigenvalue weighted by molar-refractivity contribution is 7.12. The van der Waals surface area contributed by atoms with E-state index in [-0.39, 0.29) is 0 Å². The lowest BCUT2D eigenvalue weighted by atomic mass is 10.1. The van der Waals surface area contributed by atoms with Crippen LogP contribution in [0.1, 0.15) is 32.3 Å². The number of thiazole rings is 1. The van der Waals surface area contributed by atoms with Crippen molar-refractivity contribution in [2.24, 2.45) is 0 Å². The Morgan fingerprint density at radius 1 is 1.07 bits per heavy atom. The molecule has 0 saturated heterocycles. The number of hydrogen-bond donors (Lipinski definition) is 0. The first-order valence-corrected chi connectivity index (χ1v) is 9.96. The van der Waals surface area contributed by atoms with Crippen LogP contribution < -0.4 is 0 Å². The van der Waals surface area contributed by atoms with Crippen LogP contribution in [-0.4, -0.2) is 14.5 Å². The Bertz CT molecular complexity index is 1150. The lowest BCUT2D eigenvalue weighted by molar-refractivity contribution is 0.749. The van der Waals surface area contributed by atoms with Crippen LogP contribution in [0, 0.1) is 25.2 Å². The minimum Gasteiger partial charge on any atom is -0.327 e. The summed E-state index contributed by atoms with van der Waals surface area (Å²) in [5.74, 6) is 0. The van der Waals surface area contributed by atoms with Crippen molar-refractivity contribution in [2.45, 2.75) is 26.8 Å². The van der Waals surface area contributed by atoms with Crippen LogP contribution in [-0.2, 0) is 13.0 Å². The highest BCUT2D eigenvalue weighted by Gasteiger charge is 2.13. The summed E-state index contributed by atoms with van der Waals surface area (Å²) in [6.45, 7) is 4.97. The normalized spacial score (nSPS) is 10.8. The third-order valence-electron chi connectivity index (χ3n) is 4.81. The predicted molar refractivity (Wildman–Crippen MR) is 112 cm³/mol. The molecule has 5 heteroatoms. The van der Waals surface area contributed by atoms with Crippen LogP contribution in [0.3, 0.4) is 0 Å². The van der Waals surface area contributed by atoms with Gasteiger partial charge in [-0.2, -0.15) is 5.26 Å². The third kappa shape index (κ3) is 3.73. The molecule has 138 valence electrons. The quantitative estimate of drug-likeness (QED) is 0.479. The average Bonchev–Trinajstić information content (AvgIpc) is 3.29. The second-order valence-corrected chi connectivity index (χ2v) is 8.11. The van der Waals surface area contributed by atoms with Crippen molar-refractivity contribution in [2.75, 3.05) is 0 Å². The first kappa shape index (κ1) is 18.1. The number of imidazole rings is 1. The van der Waals surface area contributed by atoms with E-state index in [9.17, 15) is 0 Å². The molecule has 0 aliphatic carbocycles. The monoisotopic (exact) mass is 384 g/mol. The summed E-state index contributed by atoms with van der Waals surface area (Å²) in [6, 6.07) is 18.2. The van der Waals surface area contributed by atoms with Crippen LogP contribution in [0.25, 0.3) is 11.3 Å². The Balaban J connectivity index is 1.56. The molecule has 0 N–H and O–H groups in total. The molecule has 28 heavy (non-hydrogen) atoms. The van der Waals surface area contributed by atoms with Crippen LogP contribution in [0.5, 0.6) is 0 Å². The van der Waals surface area contributed by atoms with E-state index >= 15 is 0 Å². The summed E-state index contributed by atoms with van der Waals surface area (Å²) in [4.78, 5) is 10.5. The van der Waals surface area contributed by atoms with Crippen LogP contribution >= 0.6 is 11.3 Å². The summed E-state index contributed by atoms with van der Waals surface area (Å²) >= 11 is 1.74. The topological polar surface area (TPSA) is 54.5 Å². The molecule has 4 aromatic rings. The van der Waals surface area contributed by atoms with Gasteiger partial charge < -0.3 is 4.57 Å². The van der Waals surface area contributed by atoms with E-state index in [1.54, 1.807) is 11.3 Å². The average molecular weight is 385 g/mol. The standard InChI is InChI=1S/C23H20N4S/c1-16-5-3-4-6-21(16)23-17(2)28-22(26-23)14-27-15-25-13-20(27)11-18-7-9-19(12-24)10-8-18/h3-10,13,15H,11,14H2,1-2H3. The van der Waals surface area contributed by atoms with Gasteiger partial charge in [0.25, 0.3) is 0 Å². The van der Waals surface area contributed by atoms with Crippen molar-refractivity contribution in [3.8, 4) is 17.3 Å². The molecule has 0 spiro atoms. The van der Waals surface area contributed by atoms with Crippen molar-refractivity contribution in [3.63, 3.8) is 0 Å². The maximum atomic E-state index is 8.95. The van der Waals surface area contributed by atoms with Crippen molar-refractivity contribution in [1.82, 2.24) is 14.5 Å². The molecular formula is C23H20N4S. The van der Waals surface area contributed by atoms with Gasteiger partial charge in [0.15, 0.2) is 0 Å². The SMILES string of the molecule is Cc1ccccc1-c1nc(Cn2cncc2Cc2ccc(C#N)cc2)sc1C. The summed E-state index contributed by atoms with van der Waals surface area (Å²) in [6.07, 6.45) is 4.55. The number of nitriles is 1. The molecular weight excluding hydrogens is 364 g/mol. The zero-order valence-corrected chi connectivity index (χ0v) is 16.7. The first-order valence-electron chi connectivity index (χ1n) is 9.14. The fourth-order valence-electron chi connectivity index (χ4n) is 3.30. The maximum absolute atomic E-state index is 8.95. The van der Waals surface area contributed by atoms with Gasteiger partial charge in [-0.25, -0.2) is 9.97 Å². The van der Waals surface area contributed by atoms with Crippen molar-refractivity contribution >= 4 is 11.3 Å². The zero-order valence-electron chi connectivity index (χ0n) is 15.9. The smallest absolute Gasteiger partial charge is 0.113 e. The van der Waals surface area contributed by atoms with Gasteiger partial charge in [-0.15, -0.1) is 11.3 Å². The van der Waals surface area contributed by atoms with Gasteiger partial charge in [0.05, 0.1) is 30.2 Å². The molecule has 0 unspecified atom stereocenters. The molecule has 0 radical (unpaired) electrons. The van der Waals surface area contributed by atoms with Gasteiger partial charge in [0.2, 0.25) is 0 Å². The van der Waals surface area contributed by atoms with E-state index < -0.39 is 0 Å². The van der Waals surface area contributed by atoms with E-state index in [0.717, 1.165) is 28.4 Å². The minimum absolute atomic E-state index is 0.680. The summed E-state index contributed by atoms with van der Waals surface area (Å²) in [7, 11) is 0. The van der Waals surface area contributed by atoms with Crippen LogP contribution in [0.15, 0.2) is 61.1 Å². The Labute approximate surface area is 168 Å². The summed E-state index contributed by atoms with van der Waals surface area (Å²) < 4.78 is 2.15. The molecule has 4 rings (SSSR count). The molecule has 2 aromatic heterocycles. The molecule has 2 heterocycles. The number of rotatable bonds is 5. The number of aryl methyl sites for hydroxylation is 2. The molecule has 0 aliphatic rings. The van der Waals surface area contributed by atoms with Crippen molar-refractivity contribution < 1.29 is 0 Å². The molecule has 0 fully saturated rings. The third-order valence-corrected chi connectivity index (χ3v) is 5.77. The molecule has 0 bridgehead atoms. The van der Waals surface area contributed by atoms with Crippen LogP contribution in [0.2, 0.25) is 0 Å². The van der Waals surface area contributed by atoms with E-state index in [4.69, 9.17) is 10.2 Å². The van der Waals surface area contributed by atoms with E-state index in [1.807, 2.05) is 36.8 Å². The number of nitrogens with zero attached hydrogens (tertiary/aromatic N) is 4. The van der Waals surface area contributed by atoms with E-state index in [1.165, 1.54) is 16.0 Å². The van der Waals surface area contributed by atoms with Gasteiger partial charge in [-0.05, 0) is 37.1 Å². The Hall–Kier alpha value is -3.23. The first-order chi connectivity index (χ1) is 13.6. The molecule has 4 nitrogen and oxygen atoms in total. The van der Waals surface area contributed by atoms with Gasteiger partial charge >= 0.3 is 0 Å². The molecule has 0 amide bonds. The molecule has 0 aliphatic heterocycles. The Kier molecular flexibility index (Phi) is 5.05. The molecule has 0 saturated carbocycles. The van der Waals surface area contributed by atoms with E-state index in [0.29, 0.717) is 12.1 Å². The van der Waals surface area contributed by atoms with Gasteiger partial charge in [0.1, 0.15) is 5.01 Å². The van der Waals surface area contributed by atoms with Gasteiger partial charge in [-0.1, -0.05) is 36.4 Å². The number of benzene rings is 2. The maximum Gasteiger partial charge on any atom is 0.113 e. The fraction of sp³-hybridized carbons (Fsp3) is 0.174. The van der Waals surface area contributed by atoms with E-state index in [2.05, 4.69) is 53.7 Å². The predicted octanol–water partition coefficient (Wildman–Crippen LogP) is 5.13. The zero-order chi connectivity index (χ0) is 19.5. The lowest BCUT2D eigenvalue weighted by Gasteiger charge is -2.07.